The van der Waals surface area contributed by atoms with Gasteiger partial charge in [-0.25, -0.2) is 0 Å². The molecule has 0 unspecified atom stereocenters. The number of benzene rings is 2. The van der Waals surface area contributed by atoms with Crippen LogP contribution in [0.4, 0.5) is 0 Å². The first-order valence-electron chi connectivity index (χ1n) is 6.62. The number of hydrogen-bond acceptors (Lipinski definition) is 0. The molecular formula is C20H21Cl2SiZr-3. The van der Waals surface area contributed by atoms with Crippen molar-refractivity contribution in [1.29, 1.82) is 0 Å². The van der Waals surface area contributed by atoms with E-state index in [1.807, 2.05) is 0 Å². The Bertz CT molecular complexity index is 834. The van der Waals surface area contributed by atoms with E-state index in [1.54, 1.807) is 0 Å². The van der Waals surface area contributed by atoms with Crippen LogP contribution in [0.1, 0.15) is 12.0 Å². The molecule has 0 aliphatic heterocycles. The summed E-state index contributed by atoms with van der Waals surface area (Å²) in [5.41, 5.74) is 2.81. The third kappa shape index (κ3) is 4.76. The van der Waals surface area contributed by atoms with E-state index in [-0.39, 0.29) is 39.7 Å². The molecule has 0 bridgehead atoms. The molecule has 24 heavy (non-hydrogen) atoms. The zero-order chi connectivity index (χ0) is 13.9. The Morgan fingerprint density at radius 1 is 0.875 bits per heavy atom. The van der Waals surface area contributed by atoms with Gasteiger partial charge < -0.3 is 14.9 Å². The third-order valence-electron chi connectivity index (χ3n) is 3.77. The van der Waals surface area contributed by atoms with Crippen molar-refractivity contribution >= 4 is 58.8 Å². The Balaban J connectivity index is 0. The van der Waals surface area contributed by atoms with E-state index < -0.39 is 0 Å². The van der Waals surface area contributed by atoms with E-state index >= 15 is 0 Å². The van der Waals surface area contributed by atoms with Gasteiger partial charge in [0.2, 0.25) is 0 Å². The molecule has 2 radical (unpaired) electrons. The van der Waals surface area contributed by atoms with E-state index in [0.717, 1.165) is 6.42 Å². The van der Waals surface area contributed by atoms with Crippen LogP contribution < -0.4 is 0 Å². The summed E-state index contributed by atoms with van der Waals surface area (Å²) in [5.74, 6) is 0. The van der Waals surface area contributed by atoms with Gasteiger partial charge in [0.1, 0.15) is 0 Å². The molecule has 0 spiro atoms. The first kappa shape index (κ1) is 25.7. The normalized spacial score (nSPS) is 11.0. The first-order valence-corrected chi connectivity index (χ1v) is 10.8. The van der Waals surface area contributed by atoms with Crippen molar-refractivity contribution in [2.45, 2.75) is 6.42 Å². The predicted octanol–water partition coefficient (Wildman–Crippen LogP) is 6.42. The van der Waals surface area contributed by atoms with Crippen molar-refractivity contribution in [3.05, 3.63) is 87.2 Å². The fourth-order valence-corrected chi connectivity index (χ4v) is 2.91. The number of fused-ring (bicyclic) bond motifs is 3. The summed E-state index contributed by atoms with van der Waals surface area (Å²) in [6.45, 7) is 3.06. The van der Waals surface area contributed by atoms with Crippen LogP contribution in [0.2, 0.25) is 0 Å². The molecule has 0 fully saturated rings. The zero-order valence-electron chi connectivity index (χ0n) is 13.9. The van der Waals surface area contributed by atoms with Gasteiger partial charge in [-0.05, 0) is 6.42 Å². The minimum absolute atomic E-state index is 0. The molecule has 0 saturated heterocycles. The van der Waals surface area contributed by atoms with Gasteiger partial charge in [-0.2, -0.15) is 0 Å². The van der Waals surface area contributed by atoms with Crippen LogP contribution in [0.3, 0.4) is 0 Å². The van der Waals surface area contributed by atoms with Crippen LogP contribution in [0, 0.1) is 14.9 Å². The average Bonchev–Trinajstić information content (AvgIpc) is 3.16. The molecule has 126 valence electrons. The molecule has 1 aliphatic carbocycles. The van der Waals surface area contributed by atoms with Crippen LogP contribution in [0.25, 0.3) is 27.1 Å². The van der Waals surface area contributed by atoms with Gasteiger partial charge in [0.25, 0.3) is 0 Å². The van der Waals surface area contributed by atoms with Crippen LogP contribution >= 0.6 is 24.8 Å². The second kappa shape index (κ2) is 11.9. The van der Waals surface area contributed by atoms with Crippen LogP contribution in [-0.4, -0.2) is 6.88 Å². The third-order valence-corrected chi connectivity index (χ3v) is 3.77. The Morgan fingerprint density at radius 2 is 1.54 bits per heavy atom. The molecule has 0 amide bonds. The molecule has 0 nitrogen and oxygen atoms in total. The summed E-state index contributed by atoms with van der Waals surface area (Å²) in [6.07, 6.45) is 7.65. The summed E-state index contributed by atoms with van der Waals surface area (Å²) in [4.78, 5) is 0. The monoisotopic (exact) mass is 449 g/mol. The minimum atomic E-state index is 0. The first-order chi connectivity index (χ1) is 9.93. The van der Waals surface area contributed by atoms with Gasteiger partial charge in [0.15, 0.2) is 0 Å². The zero-order valence-corrected chi connectivity index (χ0v) is 19.0. The van der Waals surface area contributed by atoms with Crippen molar-refractivity contribution in [2.24, 2.45) is 0 Å². The van der Waals surface area contributed by atoms with E-state index in [1.165, 1.54) is 56.0 Å². The Kier molecular flexibility index (Phi) is 12.8. The summed E-state index contributed by atoms with van der Waals surface area (Å²) in [7, 11) is 0. The topological polar surface area (TPSA) is 0 Å². The molecule has 0 atom stereocenters. The Hall–Kier alpha value is -0.530. The van der Waals surface area contributed by atoms with E-state index in [9.17, 15) is 0 Å². The van der Waals surface area contributed by atoms with Gasteiger partial charge in [-0.3, -0.25) is 0 Å². The number of allylic oxidation sites excluding steroid dienone is 4. The van der Waals surface area contributed by atoms with Gasteiger partial charge >= 0.3 is 30.2 Å². The second-order valence-electron chi connectivity index (χ2n) is 4.82. The summed E-state index contributed by atoms with van der Waals surface area (Å²) in [5, 5.41) is 5.46. The fraction of sp³-hybridized carbons (Fsp3) is 0.0500. The van der Waals surface area contributed by atoms with Gasteiger partial charge in [0, 0.05) is 0 Å². The van der Waals surface area contributed by atoms with Crippen LogP contribution in [0.15, 0.2) is 66.8 Å². The quantitative estimate of drug-likeness (QED) is 0.296. The fourth-order valence-electron chi connectivity index (χ4n) is 2.91. The van der Waals surface area contributed by atoms with Crippen LogP contribution in [-0.2, 0) is 23.3 Å². The Morgan fingerprint density at radius 3 is 2.21 bits per heavy atom. The van der Waals surface area contributed by atoms with E-state index in [4.69, 9.17) is 0 Å². The van der Waals surface area contributed by atoms with Gasteiger partial charge in [-0.1, -0.05) is 65.8 Å². The number of rotatable bonds is 1. The molecular weight excluding hydrogens is 430 g/mol. The number of halogens is 2. The van der Waals surface area contributed by atoms with Gasteiger partial charge in [-0.15, -0.1) is 58.5 Å². The molecule has 4 rings (SSSR count). The second-order valence-corrected chi connectivity index (χ2v) is 4.82. The van der Waals surface area contributed by atoms with Gasteiger partial charge in [0.05, 0.1) is 0 Å². The van der Waals surface area contributed by atoms with Crippen molar-refractivity contribution < 1.29 is 23.3 Å². The molecule has 0 aromatic heterocycles. The van der Waals surface area contributed by atoms with Crippen molar-refractivity contribution in [2.75, 3.05) is 0 Å². The summed E-state index contributed by atoms with van der Waals surface area (Å²) >= 11 is 1.36. The maximum absolute atomic E-state index is 3.06. The predicted molar refractivity (Wildman–Crippen MR) is 112 cm³/mol. The van der Waals surface area contributed by atoms with Crippen molar-refractivity contribution in [3.63, 3.8) is 0 Å². The molecule has 4 heteroatoms. The average molecular weight is 452 g/mol. The standard InChI is InChI=1S/C18H13.2CH3.2ClH.Si.Zr/c1-2-7-13(6-1)15-10-5-11-17-16-9-4-3-8-14(16)12-18(15)17;;;;;;/h1-6,8-12H,7H2;2*1H3;2*1H;;/q3*-1;;;;. The summed E-state index contributed by atoms with van der Waals surface area (Å²) < 4.78 is 0. The summed E-state index contributed by atoms with van der Waals surface area (Å²) in [6, 6.07) is 17.6. The maximum atomic E-state index is 3.06. The molecule has 1 aliphatic rings. The van der Waals surface area contributed by atoms with E-state index in [2.05, 4.69) is 73.6 Å². The Labute approximate surface area is 174 Å². The van der Waals surface area contributed by atoms with Crippen molar-refractivity contribution in [1.82, 2.24) is 0 Å². The molecule has 3 aromatic carbocycles. The molecule has 0 saturated carbocycles. The molecule has 3 aromatic rings. The molecule has 0 heterocycles. The molecule has 0 N–H and O–H groups in total. The SMILES string of the molecule is C1=CCC(c2cccc3c2[cH-]c2ccccc23)=C1.Cl.Cl.[CH3-].[CH3-].[Si]=[Zr]. The number of hydrogen-bond donors (Lipinski definition) is 0. The van der Waals surface area contributed by atoms with E-state index in [0.29, 0.717) is 0 Å². The van der Waals surface area contributed by atoms with Crippen LogP contribution in [0.5, 0.6) is 0 Å². The van der Waals surface area contributed by atoms with Crippen molar-refractivity contribution in [3.8, 4) is 0 Å².